The standard InChI is InChI=1S/C26H26N2O3S3/c1-15(2)31-25(30)22-16(3)27-26-28(23(22)18-8-12-20(33-5)13-9-18)24(29)21(34-26)14-17-6-10-19(32-4)11-7-17/h6-15,23H,1-5H3/b21-14-/t23-/m1/s1. The van der Waals surface area contributed by atoms with E-state index in [1.54, 1.807) is 35.0 Å². The number of thioether (sulfide) groups is 2. The van der Waals surface area contributed by atoms with Gasteiger partial charge in [-0.05, 0) is 74.8 Å². The number of benzene rings is 2. The van der Waals surface area contributed by atoms with Crippen molar-refractivity contribution in [3.8, 4) is 0 Å². The van der Waals surface area contributed by atoms with Gasteiger partial charge in [0.05, 0.1) is 27.9 Å². The zero-order valence-corrected chi connectivity index (χ0v) is 22.1. The smallest absolute Gasteiger partial charge is 0.338 e. The summed E-state index contributed by atoms with van der Waals surface area (Å²) in [5, 5.41) is 0. The Morgan fingerprint density at radius 2 is 1.65 bits per heavy atom. The number of aromatic nitrogens is 1. The van der Waals surface area contributed by atoms with Gasteiger partial charge in [-0.25, -0.2) is 9.79 Å². The molecule has 2 aromatic carbocycles. The quantitative estimate of drug-likeness (QED) is 0.357. The van der Waals surface area contributed by atoms with Crippen LogP contribution in [-0.4, -0.2) is 29.2 Å². The van der Waals surface area contributed by atoms with Gasteiger partial charge in [0.25, 0.3) is 5.56 Å². The number of rotatable bonds is 6. The third kappa shape index (κ3) is 4.94. The molecule has 4 rings (SSSR count). The molecule has 1 aliphatic rings. The molecule has 2 heterocycles. The van der Waals surface area contributed by atoms with Crippen LogP contribution >= 0.6 is 34.9 Å². The first-order valence-electron chi connectivity index (χ1n) is 10.8. The van der Waals surface area contributed by atoms with Gasteiger partial charge in [0.2, 0.25) is 0 Å². The maximum Gasteiger partial charge on any atom is 0.338 e. The second kappa shape index (κ2) is 10.4. The van der Waals surface area contributed by atoms with Crippen LogP contribution in [0.4, 0.5) is 0 Å². The predicted octanol–water partition coefficient (Wildman–Crippen LogP) is 4.63. The molecule has 3 aromatic rings. The number of carbonyl (C=O) groups is 1. The average molecular weight is 511 g/mol. The summed E-state index contributed by atoms with van der Waals surface area (Å²) < 4.78 is 7.76. The molecule has 0 fully saturated rings. The second-order valence-corrected chi connectivity index (χ2v) is 10.9. The van der Waals surface area contributed by atoms with Crippen molar-refractivity contribution in [3.63, 3.8) is 0 Å². The molecule has 0 unspecified atom stereocenters. The number of hydrogen-bond donors (Lipinski definition) is 0. The van der Waals surface area contributed by atoms with Crippen molar-refractivity contribution in [2.75, 3.05) is 12.5 Å². The summed E-state index contributed by atoms with van der Waals surface area (Å²) in [6, 6.07) is 15.4. The van der Waals surface area contributed by atoms with E-state index in [9.17, 15) is 9.59 Å². The lowest BCUT2D eigenvalue weighted by Gasteiger charge is -2.25. The van der Waals surface area contributed by atoms with E-state index >= 15 is 0 Å². The number of thiazole rings is 1. The van der Waals surface area contributed by atoms with Gasteiger partial charge in [0.15, 0.2) is 4.80 Å². The maximum atomic E-state index is 13.6. The third-order valence-electron chi connectivity index (χ3n) is 5.43. The monoisotopic (exact) mass is 510 g/mol. The van der Waals surface area contributed by atoms with Gasteiger partial charge >= 0.3 is 5.97 Å². The highest BCUT2D eigenvalue weighted by molar-refractivity contribution is 7.98. The molecule has 5 nitrogen and oxygen atoms in total. The molecule has 0 radical (unpaired) electrons. The SMILES string of the molecule is CSc1ccc(/C=c2\sc3n(c2=O)[C@H](c2ccc(SC)cc2)C(C(=O)OC(C)C)=C(C)N=3)cc1. The Labute approximate surface area is 211 Å². The zero-order chi connectivity index (χ0) is 24.4. The molecule has 0 N–H and O–H groups in total. The molecule has 34 heavy (non-hydrogen) atoms. The number of allylic oxidation sites excluding steroid dienone is 1. The molecular formula is C26H26N2O3S3. The fraction of sp³-hybridized carbons (Fsp3) is 0.269. The van der Waals surface area contributed by atoms with Crippen LogP contribution in [0.15, 0.2) is 79.4 Å². The summed E-state index contributed by atoms with van der Waals surface area (Å²) in [6.07, 6.45) is 5.65. The van der Waals surface area contributed by atoms with Crippen LogP contribution in [0.25, 0.3) is 6.08 Å². The van der Waals surface area contributed by atoms with E-state index in [4.69, 9.17) is 4.74 Å². The van der Waals surface area contributed by atoms with Crippen molar-refractivity contribution in [3.05, 3.63) is 90.6 Å². The molecule has 0 aliphatic carbocycles. The van der Waals surface area contributed by atoms with Crippen molar-refractivity contribution in [2.45, 2.75) is 42.7 Å². The largest absolute Gasteiger partial charge is 0.459 e. The lowest BCUT2D eigenvalue weighted by Crippen LogP contribution is -2.40. The number of nitrogens with zero attached hydrogens (tertiary/aromatic N) is 2. The van der Waals surface area contributed by atoms with E-state index in [0.717, 1.165) is 20.9 Å². The van der Waals surface area contributed by atoms with Crippen LogP contribution in [0.1, 0.15) is 37.9 Å². The summed E-state index contributed by atoms with van der Waals surface area (Å²) in [7, 11) is 0. The summed E-state index contributed by atoms with van der Waals surface area (Å²) in [5.41, 5.74) is 2.59. The molecule has 0 saturated heterocycles. The molecule has 0 bridgehead atoms. The molecule has 1 atom stereocenters. The minimum absolute atomic E-state index is 0.168. The number of esters is 1. The Morgan fingerprint density at radius 3 is 2.21 bits per heavy atom. The molecular weight excluding hydrogens is 484 g/mol. The summed E-state index contributed by atoms with van der Waals surface area (Å²) in [6.45, 7) is 5.43. The minimum Gasteiger partial charge on any atom is -0.459 e. The van der Waals surface area contributed by atoms with Crippen LogP contribution in [0.2, 0.25) is 0 Å². The molecule has 176 valence electrons. The van der Waals surface area contributed by atoms with Gasteiger partial charge in [0, 0.05) is 9.79 Å². The third-order valence-corrected chi connectivity index (χ3v) is 7.90. The Morgan fingerprint density at radius 1 is 1.06 bits per heavy atom. The molecule has 0 spiro atoms. The van der Waals surface area contributed by atoms with Crippen LogP contribution in [0.3, 0.4) is 0 Å². The van der Waals surface area contributed by atoms with Gasteiger partial charge in [-0.2, -0.15) is 0 Å². The topological polar surface area (TPSA) is 60.7 Å². The number of hydrogen-bond acceptors (Lipinski definition) is 7. The van der Waals surface area contributed by atoms with Crippen LogP contribution in [0.5, 0.6) is 0 Å². The van der Waals surface area contributed by atoms with E-state index in [-0.39, 0.29) is 11.7 Å². The highest BCUT2D eigenvalue weighted by Gasteiger charge is 2.33. The van der Waals surface area contributed by atoms with Crippen LogP contribution in [-0.2, 0) is 9.53 Å². The first-order chi connectivity index (χ1) is 16.3. The van der Waals surface area contributed by atoms with E-state index in [1.165, 1.54) is 11.3 Å². The van der Waals surface area contributed by atoms with Crippen LogP contribution in [0, 0.1) is 0 Å². The average Bonchev–Trinajstić information content (AvgIpc) is 3.12. The number of fused-ring (bicyclic) bond motifs is 1. The van der Waals surface area contributed by atoms with E-state index in [2.05, 4.69) is 4.99 Å². The highest BCUT2D eigenvalue weighted by Crippen LogP contribution is 2.32. The van der Waals surface area contributed by atoms with Gasteiger partial charge in [-0.3, -0.25) is 9.36 Å². The summed E-state index contributed by atoms with van der Waals surface area (Å²) in [4.78, 5) is 34.3. The predicted molar refractivity (Wildman–Crippen MR) is 141 cm³/mol. The molecule has 0 saturated carbocycles. The molecule has 1 aromatic heterocycles. The lowest BCUT2D eigenvalue weighted by atomic mass is 9.96. The number of ether oxygens (including phenoxy) is 1. The van der Waals surface area contributed by atoms with Crippen molar-refractivity contribution >= 4 is 46.9 Å². The zero-order valence-electron chi connectivity index (χ0n) is 19.7. The Bertz CT molecular complexity index is 1420. The maximum absolute atomic E-state index is 13.6. The Hall–Kier alpha value is -2.55. The van der Waals surface area contributed by atoms with Crippen molar-refractivity contribution < 1.29 is 9.53 Å². The molecule has 8 heteroatoms. The van der Waals surface area contributed by atoms with Crippen LogP contribution < -0.4 is 14.9 Å². The summed E-state index contributed by atoms with van der Waals surface area (Å²) >= 11 is 4.65. The fourth-order valence-corrected chi connectivity index (χ4v) is 5.68. The Balaban J connectivity index is 1.90. The van der Waals surface area contributed by atoms with E-state index in [1.807, 2.05) is 81.0 Å². The van der Waals surface area contributed by atoms with E-state index < -0.39 is 12.0 Å². The van der Waals surface area contributed by atoms with Crippen molar-refractivity contribution in [2.24, 2.45) is 4.99 Å². The normalized spacial score (nSPS) is 15.9. The molecule has 0 amide bonds. The van der Waals surface area contributed by atoms with Gasteiger partial charge in [-0.1, -0.05) is 35.6 Å². The van der Waals surface area contributed by atoms with Gasteiger partial charge in [0.1, 0.15) is 0 Å². The summed E-state index contributed by atoms with van der Waals surface area (Å²) in [5.74, 6) is -0.447. The number of carbonyl (C=O) groups excluding carboxylic acids is 1. The van der Waals surface area contributed by atoms with E-state index in [0.29, 0.717) is 20.6 Å². The first kappa shape index (κ1) is 24.6. The fourth-order valence-electron chi connectivity index (χ4n) is 3.81. The van der Waals surface area contributed by atoms with Gasteiger partial charge < -0.3 is 4.74 Å². The van der Waals surface area contributed by atoms with Crippen molar-refractivity contribution in [1.29, 1.82) is 0 Å². The van der Waals surface area contributed by atoms with Gasteiger partial charge in [-0.15, -0.1) is 23.5 Å². The molecule has 1 aliphatic heterocycles. The Kier molecular flexibility index (Phi) is 7.50. The highest BCUT2D eigenvalue weighted by atomic mass is 32.2. The lowest BCUT2D eigenvalue weighted by molar-refractivity contribution is -0.143. The first-order valence-corrected chi connectivity index (χ1v) is 14.1. The minimum atomic E-state index is -0.598. The second-order valence-electron chi connectivity index (χ2n) is 8.08. The van der Waals surface area contributed by atoms with Crippen molar-refractivity contribution in [1.82, 2.24) is 4.57 Å².